The third-order valence-electron chi connectivity index (χ3n) is 4.36. The van der Waals surface area contributed by atoms with Gasteiger partial charge in [-0.25, -0.2) is 0 Å². The second-order valence-corrected chi connectivity index (χ2v) is 5.90. The molecule has 0 saturated heterocycles. The van der Waals surface area contributed by atoms with Gasteiger partial charge in [0.1, 0.15) is 0 Å². The lowest BCUT2D eigenvalue weighted by molar-refractivity contribution is 0.104. The number of pyridine rings is 1. The van der Waals surface area contributed by atoms with Gasteiger partial charge in [0.2, 0.25) is 0 Å². The molecule has 4 aromatic rings. The number of ketones is 1. The monoisotopic (exact) mass is 311 g/mol. The number of aryl methyl sites for hydroxylation is 1. The summed E-state index contributed by atoms with van der Waals surface area (Å²) in [5.74, 6) is 0.0579. The van der Waals surface area contributed by atoms with Crippen LogP contribution in [0.25, 0.3) is 16.6 Å². The second-order valence-electron chi connectivity index (χ2n) is 5.90. The maximum absolute atomic E-state index is 13.2. The van der Waals surface area contributed by atoms with Crippen molar-refractivity contribution in [2.75, 3.05) is 0 Å². The Morgan fingerprint density at radius 1 is 0.792 bits per heavy atom. The molecule has 2 aromatic carbocycles. The molecule has 2 heterocycles. The summed E-state index contributed by atoms with van der Waals surface area (Å²) >= 11 is 0. The van der Waals surface area contributed by atoms with Gasteiger partial charge in [-0.05, 0) is 24.6 Å². The van der Waals surface area contributed by atoms with E-state index in [1.807, 2.05) is 72.8 Å². The predicted octanol–water partition coefficient (Wildman–Crippen LogP) is 5.15. The molecule has 24 heavy (non-hydrogen) atoms. The third-order valence-corrected chi connectivity index (χ3v) is 4.36. The van der Waals surface area contributed by atoms with Gasteiger partial charge in [0.25, 0.3) is 0 Å². The molecular formula is C22H17NO. The van der Waals surface area contributed by atoms with Crippen LogP contribution in [0.1, 0.15) is 21.6 Å². The first-order chi connectivity index (χ1) is 11.8. The molecular weight excluding hydrogens is 294 g/mol. The minimum absolute atomic E-state index is 0.0579. The van der Waals surface area contributed by atoms with Gasteiger partial charge in [-0.15, -0.1) is 0 Å². The Hall–Kier alpha value is -3.13. The number of benzene rings is 2. The highest BCUT2D eigenvalue weighted by atomic mass is 16.1. The number of rotatable bonds is 3. The molecule has 0 spiro atoms. The molecule has 0 radical (unpaired) electrons. The molecule has 0 unspecified atom stereocenters. The summed E-state index contributed by atoms with van der Waals surface area (Å²) < 4.78 is 2.10. The molecule has 2 heteroatoms. The van der Waals surface area contributed by atoms with Crippen molar-refractivity contribution >= 4 is 11.3 Å². The lowest BCUT2D eigenvalue weighted by atomic mass is 9.96. The quantitative estimate of drug-likeness (QED) is 0.480. The van der Waals surface area contributed by atoms with E-state index in [1.54, 1.807) is 0 Å². The summed E-state index contributed by atoms with van der Waals surface area (Å²) in [7, 11) is 0. The van der Waals surface area contributed by atoms with Crippen LogP contribution >= 0.6 is 0 Å². The molecule has 2 nitrogen and oxygen atoms in total. The van der Waals surface area contributed by atoms with Crippen LogP contribution in [0, 0.1) is 6.92 Å². The van der Waals surface area contributed by atoms with Gasteiger partial charge < -0.3 is 4.40 Å². The second kappa shape index (κ2) is 5.82. The largest absolute Gasteiger partial charge is 0.320 e. The van der Waals surface area contributed by atoms with Crippen LogP contribution in [-0.2, 0) is 0 Å². The van der Waals surface area contributed by atoms with Gasteiger partial charge in [0.15, 0.2) is 5.78 Å². The van der Waals surface area contributed by atoms with Crippen molar-refractivity contribution < 1.29 is 4.79 Å². The number of hydrogen-bond acceptors (Lipinski definition) is 1. The van der Waals surface area contributed by atoms with Gasteiger partial charge in [-0.1, -0.05) is 66.7 Å². The Morgan fingerprint density at radius 3 is 2.17 bits per heavy atom. The number of carbonyl (C=O) groups excluding carboxylic acids is 1. The third kappa shape index (κ3) is 2.33. The van der Waals surface area contributed by atoms with E-state index in [0.29, 0.717) is 5.56 Å². The van der Waals surface area contributed by atoms with E-state index in [0.717, 1.165) is 27.9 Å². The molecule has 0 aliphatic rings. The van der Waals surface area contributed by atoms with E-state index >= 15 is 0 Å². The van der Waals surface area contributed by atoms with E-state index in [4.69, 9.17) is 0 Å². The van der Waals surface area contributed by atoms with Crippen LogP contribution in [0.2, 0.25) is 0 Å². The molecule has 116 valence electrons. The Balaban J connectivity index is 2.02. The van der Waals surface area contributed by atoms with E-state index in [1.165, 1.54) is 0 Å². The van der Waals surface area contributed by atoms with Crippen LogP contribution in [0.5, 0.6) is 0 Å². The standard InChI is InChI=1S/C22H17NO/c1-16-9-8-14-20-21(22(24)18-12-6-3-7-13-18)19(15-23(16)20)17-10-4-2-5-11-17/h2-15H,1H3. The van der Waals surface area contributed by atoms with Crippen LogP contribution in [0.4, 0.5) is 0 Å². The van der Waals surface area contributed by atoms with Gasteiger partial charge >= 0.3 is 0 Å². The topological polar surface area (TPSA) is 21.5 Å². The highest BCUT2D eigenvalue weighted by Crippen LogP contribution is 2.31. The van der Waals surface area contributed by atoms with E-state index in [2.05, 4.69) is 23.6 Å². The average Bonchev–Trinajstić information content (AvgIpc) is 3.03. The van der Waals surface area contributed by atoms with Crippen molar-refractivity contribution in [2.24, 2.45) is 0 Å². The maximum Gasteiger partial charge on any atom is 0.195 e. The summed E-state index contributed by atoms with van der Waals surface area (Å²) in [6.45, 7) is 2.05. The molecule has 0 saturated carbocycles. The van der Waals surface area contributed by atoms with Crippen LogP contribution in [0.15, 0.2) is 85.1 Å². The molecule has 4 rings (SSSR count). The highest BCUT2D eigenvalue weighted by molar-refractivity contribution is 6.17. The zero-order valence-corrected chi connectivity index (χ0v) is 13.4. The molecule has 0 fully saturated rings. The summed E-state index contributed by atoms with van der Waals surface area (Å²) in [5, 5.41) is 0. The van der Waals surface area contributed by atoms with Crippen LogP contribution in [0.3, 0.4) is 0 Å². The van der Waals surface area contributed by atoms with Crippen molar-refractivity contribution in [1.82, 2.24) is 4.40 Å². The summed E-state index contributed by atoms with van der Waals surface area (Å²) in [6.07, 6.45) is 2.07. The van der Waals surface area contributed by atoms with Gasteiger partial charge in [-0.2, -0.15) is 0 Å². The number of aromatic nitrogens is 1. The Kier molecular flexibility index (Phi) is 3.51. The fourth-order valence-corrected chi connectivity index (χ4v) is 3.14. The Morgan fingerprint density at radius 2 is 1.46 bits per heavy atom. The normalized spacial score (nSPS) is 10.9. The Bertz CT molecular complexity index is 1010. The fraction of sp³-hybridized carbons (Fsp3) is 0.0455. The number of hydrogen-bond donors (Lipinski definition) is 0. The van der Waals surface area contributed by atoms with Crippen LogP contribution < -0.4 is 0 Å². The fourth-order valence-electron chi connectivity index (χ4n) is 3.14. The summed E-state index contributed by atoms with van der Waals surface area (Å²) in [4.78, 5) is 13.2. The van der Waals surface area contributed by atoms with Crippen molar-refractivity contribution in [3.05, 3.63) is 102 Å². The lowest BCUT2D eigenvalue weighted by Crippen LogP contribution is -2.02. The highest BCUT2D eigenvalue weighted by Gasteiger charge is 2.20. The smallest absolute Gasteiger partial charge is 0.195 e. The minimum atomic E-state index is 0.0579. The molecule has 0 N–H and O–H groups in total. The lowest BCUT2D eigenvalue weighted by Gasteiger charge is -2.05. The van der Waals surface area contributed by atoms with Crippen molar-refractivity contribution in [2.45, 2.75) is 6.92 Å². The minimum Gasteiger partial charge on any atom is -0.320 e. The molecule has 0 bridgehead atoms. The van der Waals surface area contributed by atoms with Crippen LogP contribution in [-0.4, -0.2) is 10.2 Å². The number of fused-ring (bicyclic) bond motifs is 1. The molecule has 0 amide bonds. The molecule has 0 atom stereocenters. The average molecular weight is 311 g/mol. The van der Waals surface area contributed by atoms with Crippen molar-refractivity contribution in [3.8, 4) is 11.1 Å². The molecule has 0 aliphatic heterocycles. The van der Waals surface area contributed by atoms with Crippen molar-refractivity contribution in [1.29, 1.82) is 0 Å². The first-order valence-corrected chi connectivity index (χ1v) is 8.01. The van der Waals surface area contributed by atoms with Gasteiger partial charge in [0, 0.05) is 23.0 Å². The first kappa shape index (κ1) is 14.5. The summed E-state index contributed by atoms with van der Waals surface area (Å²) in [6, 6.07) is 25.6. The van der Waals surface area contributed by atoms with E-state index < -0.39 is 0 Å². The predicted molar refractivity (Wildman–Crippen MR) is 97.4 cm³/mol. The van der Waals surface area contributed by atoms with Gasteiger partial charge in [-0.3, -0.25) is 4.79 Å². The Labute approximate surface area is 141 Å². The molecule has 2 aromatic heterocycles. The van der Waals surface area contributed by atoms with Gasteiger partial charge in [0.05, 0.1) is 11.1 Å². The maximum atomic E-state index is 13.2. The molecule has 0 aliphatic carbocycles. The first-order valence-electron chi connectivity index (χ1n) is 8.01. The zero-order valence-electron chi connectivity index (χ0n) is 13.4. The van der Waals surface area contributed by atoms with E-state index in [-0.39, 0.29) is 5.78 Å². The SMILES string of the molecule is Cc1cccc2c(C(=O)c3ccccc3)c(-c3ccccc3)cn12. The zero-order chi connectivity index (χ0) is 16.5. The number of nitrogens with zero attached hydrogens (tertiary/aromatic N) is 1. The van der Waals surface area contributed by atoms with E-state index in [9.17, 15) is 4.79 Å². The number of carbonyl (C=O) groups is 1. The summed E-state index contributed by atoms with van der Waals surface area (Å²) in [5.41, 5.74) is 5.55. The van der Waals surface area contributed by atoms with Crippen molar-refractivity contribution in [3.63, 3.8) is 0 Å².